The van der Waals surface area contributed by atoms with Gasteiger partial charge >= 0.3 is 6.18 Å². The Labute approximate surface area is 155 Å². The number of likely N-dealkylation sites (N-methyl/N-ethyl adjacent to an activating group) is 1. The lowest BCUT2D eigenvalue weighted by Gasteiger charge is -2.29. The number of hydrogen-bond acceptors (Lipinski definition) is 7. The molecule has 0 bridgehead atoms. The summed E-state index contributed by atoms with van der Waals surface area (Å²) in [6, 6.07) is 4.77. The van der Waals surface area contributed by atoms with Gasteiger partial charge in [0.15, 0.2) is 11.5 Å². The molecule has 2 aromatic rings. The van der Waals surface area contributed by atoms with E-state index in [1.807, 2.05) is 12.1 Å². The molecule has 0 amide bonds. The second-order valence-corrected chi connectivity index (χ2v) is 6.76. The molecule has 0 spiro atoms. The van der Waals surface area contributed by atoms with Gasteiger partial charge in [-0.2, -0.15) is 23.3 Å². The van der Waals surface area contributed by atoms with Crippen LogP contribution in [-0.2, 0) is 6.18 Å². The van der Waals surface area contributed by atoms with Crippen LogP contribution < -0.4 is 14.7 Å². The van der Waals surface area contributed by atoms with E-state index in [0.29, 0.717) is 6.54 Å². The van der Waals surface area contributed by atoms with E-state index < -0.39 is 11.9 Å². The van der Waals surface area contributed by atoms with Gasteiger partial charge in [-0.15, -0.1) is 5.10 Å². The lowest BCUT2D eigenvalue weighted by atomic mass is 10.2. The molecule has 1 aliphatic heterocycles. The predicted molar refractivity (Wildman–Crippen MR) is 97.0 cm³/mol. The van der Waals surface area contributed by atoms with E-state index in [9.17, 15) is 13.2 Å². The quantitative estimate of drug-likeness (QED) is 0.788. The van der Waals surface area contributed by atoms with Crippen LogP contribution in [0.4, 0.5) is 30.8 Å². The van der Waals surface area contributed by atoms with Crippen LogP contribution in [0.1, 0.15) is 18.5 Å². The second-order valence-electron chi connectivity index (χ2n) is 6.76. The number of hydrogen-bond donors (Lipinski definition) is 0. The fourth-order valence-corrected chi connectivity index (χ4v) is 3.14. The van der Waals surface area contributed by atoms with Gasteiger partial charge in [0.25, 0.3) is 0 Å². The minimum Gasteiger partial charge on any atom is -0.363 e. The van der Waals surface area contributed by atoms with Crippen LogP contribution in [0, 0.1) is 0 Å². The van der Waals surface area contributed by atoms with Crippen molar-refractivity contribution in [3.05, 3.63) is 30.1 Å². The fourth-order valence-electron chi connectivity index (χ4n) is 3.14. The van der Waals surface area contributed by atoms with Crippen LogP contribution in [0.2, 0.25) is 0 Å². The first-order valence-electron chi connectivity index (χ1n) is 8.65. The molecule has 0 N–H and O–H groups in total. The minimum absolute atomic E-state index is 0.0551. The van der Waals surface area contributed by atoms with Crippen LogP contribution in [0.3, 0.4) is 0 Å². The summed E-state index contributed by atoms with van der Waals surface area (Å²) >= 11 is 0. The van der Waals surface area contributed by atoms with E-state index >= 15 is 0 Å². The Morgan fingerprint density at radius 3 is 2.63 bits per heavy atom. The molecule has 10 heteroatoms. The molecule has 1 fully saturated rings. The maximum absolute atomic E-state index is 13.2. The summed E-state index contributed by atoms with van der Waals surface area (Å²) in [7, 11) is 5.01. The van der Waals surface area contributed by atoms with Gasteiger partial charge in [-0.25, -0.2) is 4.98 Å². The zero-order valence-corrected chi connectivity index (χ0v) is 15.5. The number of alkyl halides is 3. The maximum atomic E-state index is 13.2. The van der Waals surface area contributed by atoms with Crippen LogP contribution in [0.25, 0.3) is 0 Å². The first-order chi connectivity index (χ1) is 12.8. The van der Waals surface area contributed by atoms with Crippen molar-refractivity contribution in [1.82, 2.24) is 20.2 Å². The third-order valence-electron chi connectivity index (χ3n) is 4.51. The monoisotopic (exact) mass is 381 g/mol. The molecule has 27 heavy (non-hydrogen) atoms. The van der Waals surface area contributed by atoms with Crippen molar-refractivity contribution in [3.63, 3.8) is 0 Å². The number of halogens is 3. The van der Waals surface area contributed by atoms with Crippen molar-refractivity contribution in [2.75, 3.05) is 48.9 Å². The van der Waals surface area contributed by atoms with Gasteiger partial charge < -0.3 is 14.7 Å². The van der Waals surface area contributed by atoms with Gasteiger partial charge in [-0.1, -0.05) is 0 Å². The third-order valence-corrected chi connectivity index (χ3v) is 4.51. The van der Waals surface area contributed by atoms with Crippen molar-refractivity contribution in [2.24, 2.45) is 0 Å². The van der Waals surface area contributed by atoms with Gasteiger partial charge in [0.1, 0.15) is 5.82 Å². The highest BCUT2D eigenvalue weighted by molar-refractivity contribution is 5.46. The topological polar surface area (TPSA) is 61.3 Å². The Hall–Kier alpha value is -2.65. The summed E-state index contributed by atoms with van der Waals surface area (Å²) in [6.07, 6.45) is -1.01. The van der Waals surface area contributed by atoms with Gasteiger partial charge in [0.05, 0.1) is 0 Å². The Morgan fingerprint density at radius 1 is 1.22 bits per heavy atom. The minimum atomic E-state index is -4.53. The second kappa shape index (κ2) is 7.53. The summed E-state index contributed by atoms with van der Waals surface area (Å²) in [5.41, 5.74) is -0.944. The molecule has 0 aromatic carbocycles. The molecule has 3 heterocycles. The average molecular weight is 381 g/mol. The average Bonchev–Trinajstić information content (AvgIpc) is 3.09. The number of nitrogens with zero attached hydrogens (tertiary/aromatic N) is 7. The van der Waals surface area contributed by atoms with E-state index in [0.717, 1.165) is 31.3 Å². The highest BCUT2D eigenvalue weighted by Gasteiger charge is 2.35. The van der Waals surface area contributed by atoms with Crippen LogP contribution in [0.15, 0.2) is 24.4 Å². The summed E-state index contributed by atoms with van der Waals surface area (Å²) < 4.78 is 39.6. The van der Waals surface area contributed by atoms with Crippen LogP contribution in [0.5, 0.6) is 0 Å². The molecule has 2 aromatic heterocycles. The Kier molecular flexibility index (Phi) is 5.33. The first-order valence-corrected chi connectivity index (χ1v) is 8.65. The first kappa shape index (κ1) is 19.1. The van der Waals surface area contributed by atoms with Gasteiger partial charge in [0.2, 0.25) is 5.95 Å². The normalized spacial score (nSPS) is 17.3. The van der Waals surface area contributed by atoms with E-state index in [4.69, 9.17) is 0 Å². The molecule has 146 valence electrons. The molecular formula is C17H22F3N7. The Morgan fingerprint density at radius 2 is 2.00 bits per heavy atom. The lowest BCUT2D eigenvalue weighted by Crippen LogP contribution is -2.40. The molecule has 3 rings (SSSR count). The summed E-state index contributed by atoms with van der Waals surface area (Å²) in [4.78, 5) is 13.4. The fraction of sp³-hybridized carbons (Fsp3) is 0.529. The zero-order valence-electron chi connectivity index (χ0n) is 15.5. The Bertz CT molecular complexity index is 767. The van der Waals surface area contributed by atoms with Crippen LogP contribution in [-0.4, -0.2) is 60.4 Å². The van der Waals surface area contributed by atoms with Gasteiger partial charge in [-0.05, 0) is 25.0 Å². The van der Waals surface area contributed by atoms with E-state index in [1.54, 1.807) is 32.2 Å². The molecule has 1 atom stereocenters. The largest absolute Gasteiger partial charge is 0.433 e. The zero-order chi connectivity index (χ0) is 19.6. The number of anilines is 3. The standard InChI is InChI=1S/C17H22F3N7/c1-25(2)15-10-13(17(18,19)20)22-16(23-15)26(3)11-12-6-5-9-27(12)14-7-4-8-21-24-14/h4,7-8,10,12H,5-6,9,11H2,1-3H3. The van der Waals surface area contributed by atoms with E-state index in [2.05, 4.69) is 25.1 Å². The Balaban J connectivity index is 1.83. The number of aromatic nitrogens is 4. The predicted octanol–water partition coefficient (Wildman–Crippen LogP) is 2.46. The number of rotatable bonds is 5. The van der Waals surface area contributed by atoms with Crippen molar-refractivity contribution in [1.29, 1.82) is 0 Å². The van der Waals surface area contributed by atoms with Crippen molar-refractivity contribution >= 4 is 17.6 Å². The summed E-state index contributed by atoms with van der Waals surface area (Å²) in [5.74, 6) is 1.04. The van der Waals surface area contributed by atoms with Crippen molar-refractivity contribution in [3.8, 4) is 0 Å². The molecular weight excluding hydrogens is 359 g/mol. The van der Waals surface area contributed by atoms with Crippen molar-refractivity contribution < 1.29 is 13.2 Å². The molecule has 1 unspecified atom stereocenters. The third kappa shape index (κ3) is 4.37. The molecule has 0 aliphatic carbocycles. The van der Waals surface area contributed by atoms with E-state index in [-0.39, 0.29) is 17.8 Å². The smallest absolute Gasteiger partial charge is 0.363 e. The highest BCUT2D eigenvalue weighted by Crippen LogP contribution is 2.31. The molecule has 7 nitrogen and oxygen atoms in total. The molecule has 0 radical (unpaired) electrons. The van der Waals surface area contributed by atoms with Crippen molar-refractivity contribution in [2.45, 2.75) is 25.1 Å². The lowest BCUT2D eigenvalue weighted by molar-refractivity contribution is -0.141. The highest BCUT2D eigenvalue weighted by atomic mass is 19.4. The van der Waals surface area contributed by atoms with Gasteiger partial charge in [0, 0.05) is 52.5 Å². The van der Waals surface area contributed by atoms with Gasteiger partial charge in [-0.3, -0.25) is 0 Å². The van der Waals surface area contributed by atoms with E-state index in [1.165, 1.54) is 4.90 Å². The van der Waals surface area contributed by atoms with Crippen LogP contribution >= 0.6 is 0 Å². The molecule has 0 saturated carbocycles. The molecule has 1 saturated heterocycles. The SMILES string of the molecule is CN(C)c1cc(C(F)(F)F)nc(N(C)CC2CCCN2c2cccnn2)n1. The molecule has 1 aliphatic rings. The summed E-state index contributed by atoms with van der Waals surface area (Å²) in [6.45, 7) is 1.33. The summed E-state index contributed by atoms with van der Waals surface area (Å²) in [5, 5.41) is 8.06. The maximum Gasteiger partial charge on any atom is 0.433 e.